The van der Waals surface area contributed by atoms with Crippen molar-refractivity contribution in [1.82, 2.24) is 9.80 Å². The van der Waals surface area contributed by atoms with Crippen molar-refractivity contribution in [2.75, 3.05) is 32.7 Å². The highest BCUT2D eigenvalue weighted by atomic mass is 16.3. The quantitative estimate of drug-likeness (QED) is 0.605. The van der Waals surface area contributed by atoms with Crippen LogP contribution in [0.3, 0.4) is 0 Å². The Morgan fingerprint density at radius 2 is 1.85 bits per heavy atom. The van der Waals surface area contributed by atoms with Crippen LogP contribution in [0.5, 0.6) is 0 Å². The normalized spacial score (nSPS) is 20.0. The second-order valence-electron chi connectivity index (χ2n) is 4.18. The van der Waals surface area contributed by atoms with E-state index in [1.54, 1.807) is 4.90 Å². The average Bonchev–Trinajstić information content (AvgIpc) is 2.03. The molecule has 1 heterocycles. The molecule has 1 rings (SSSR count). The number of hydrogen-bond acceptors (Lipinski definition) is 4. The highest BCUT2D eigenvalue weighted by Gasteiger charge is 2.21. The second kappa shape index (κ2) is 3.95. The van der Waals surface area contributed by atoms with Crippen molar-refractivity contribution in [3.05, 3.63) is 0 Å². The zero-order valence-corrected chi connectivity index (χ0v) is 8.32. The molecular formula is C9H17N3O. The van der Waals surface area contributed by atoms with Gasteiger partial charge in [-0.1, -0.05) is 0 Å². The summed E-state index contributed by atoms with van der Waals surface area (Å²) in [5, 5.41) is 18.2. The van der Waals surface area contributed by atoms with Crippen molar-refractivity contribution < 1.29 is 5.11 Å². The Bertz CT molecular complexity index is 196. The minimum atomic E-state index is -0.630. The highest BCUT2D eigenvalue weighted by Crippen LogP contribution is 2.07. The standard InChI is InChI=1S/C9H17N3O/c1-9(2,13)7-11-3-5-12(8-10)6-4-11/h13H,3-7H2,1-2H3. The maximum Gasteiger partial charge on any atom is 0.179 e. The molecule has 13 heavy (non-hydrogen) atoms. The van der Waals surface area contributed by atoms with Crippen LogP contribution in [0.25, 0.3) is 0 Å². The van der Waals surface area contributed by atoms with Crippen LogP contribution in [-0.2, 0) is 0 Å². The number of rotatable bonds is 2. The fraction of sp³-hybridized carbons (Fsp3) is 0.889. The van der Waals surface area contributed by atoms with E-state index in [1.165, 1.54) is 0 Å². The van der Waals surface area contributed by atoms with Gasteiger partial charge in [-0.15, -0.1) is 0 Å². The molecule has 1 fully saturated rings. The number of aliphatic hydroxyl groups is 1. The van der Waals surface area contributed by atoms with E-state index in [1.807, 2.05) is 13.8 Å². The second-order valence-corrected chi connectivity index (χ2v) is 4.18. The molecule has 0 saturated carbocycles. The maximum atomic E-state index is 9.57. The first kappa shape index (κ1) is 10.3. The van der Waals surface area contributed by atoms with E-state index in [0.29, 0.717) is 6.54 Å². The zero-order valence-electron chi connectivity index (χ0n) is 8.32. The third-order valence-electron chi connectivity index (χ3n) is 2.12. The van der Waals surface area contributed by atoms with Crippen molar-refractivity contribution in [1.29, 1.82) is 5.26 Å². The number of hydrogen-bond donors (Lipinski definition) is 1. The van der Waals surface area contributed by atoms with Gasteiger partial charge in [-0.3, -0.25) is 4.90 Å². The molecule has 0 aromatic carbocycles. The summed E-state index contributed by atoms with van der Waals surface area (Å²) in [6, 6.07) is 0. The van der Waals surface area contributed by atoms with Crippen molar-refractivity contribution >= 4 is 0 Å². The summed E-state index contributed by atoms with van der Waals surface area (Å²) >= 11 is 0. The molecule has 0 atom stereocenters. The molecule has 0 aromatic rings. The van der Waals surface area contributed by atoms with Crippen LogP contribution in [-0.4, -0.2) is 53.2 Å². The first-order chi connectivity index (χ1) is 6.01. The Hall–Kier alpha value is -0.790. The van der Waals surface area contributed by atoms with Gasteiger partial charge in [-0.05, 0) is 13.8 Å². The molecule has 74 valence electrons. The summed E-state index contributed by atoms with van der Waals surface area (Å²) in [7, 11) is 0. The number of nitriles is 1. The maximum absolute atomic E-state index is 9.57. The molecule has 1 N–H and O–H groups in total. The Morgan fingerprint density at radius 1 is 1.31 bits per heavy atom. The van der Waals surface area contributed by atoms with Gasteiger partial charge in [0, 0.05) is 32.7 Å². The Labute approximate surface area is 79.4 Å². The molecule has 0 bridgehead atoms. The van der Waals surface area contributed by atoms with Crippen LogP contribution in [0.15, 0.2) is 0 Å². The van der Waals surface area contributed by atoms with Crippen molar-refractivity contribution in [3.63, 3.8) is 0 Å². The van der Waals surface area contributed by atoms with E-state index < -0.39 is 5.60 Å². The summed E-state index contributed by atoms with van der Waals surface area (Å²) in [4.78, 5) is 3.94. The first-order valence-electron chi connectivity index (χ1n) is 4.61. The Morgan fingerprint density at radius 3 is 2.23 bits per heavy atom. The molecule has 1 saturated heterocycles. The van der Waals surface area contributed by atoms with E-state index in [0.717, 1.165) is 26.2 Å². The molecular weight excluding hydrogens is 166 g/mol. The monoisotopic (exact) mass is 183 g/mol. The lowest BCUT2D eigenvalue weighted by atomic mass is 10.1. The van der Waals surface area contributed by atoms with Gasteiger partial charge in [0.2, 0.25) is 0 Å². The van der Waals surface area contributed by atoms with E-state index in [2.05, 4.69) is 11.1 Å². The minimum absolute atomic E-state index is 0.630. The third kappa shape index (κ3) is 3.62. The highest BCUT2D eigenvalue weighted by molar-refractivity contribution is 4.83. The molecule has 0 spiro atoms. The number of β-amino-alcohol motifs (C(OH)–C–C–N with tert-alkyl or cyclic N) is 1. The summed E-state index contributed by atoms with van der Waals surface area (Å²) < 4.78 is 0. The van der Waals surface area contributed by atoms with Crippen LogP contribution in [0.1, 0.15) is 13.8 Å². The fourth-order valence-electron chi connectivity index (χ4n) is 1.55. The van der Waals surface area contributed by atoms with Crippen LogP contribution in [0.2, 0.25) is 0 Å². The van der Waals surface area contributed by atoms with Crippen molar-refractivity contribution in [2.24, 2.45) is 0 Å². The van der Waals surface area contributed by atoms with E-state index >= 15 is 0 Å². The molecule has 4 heteroatoms. The first-order valence-corrected chi connectivity index (χ1v) is 4.61. The van der Waals surface area contributed by atoms with Gasteiger partial charge >= 0.3 is 0 Å². The average molecular weight is 183 g/mol. The molecule has 1 aliphatic rings. The summed E-state index contributed by atoms with van der Waals surface area (Å²) in [6.45, 7) is 7.62. The molecule has 0 aromatic heterocycles. The van der Waals surface area contributed by atoms with Gasteiger partial charge in [-0.2, -0.15) is 5.26 Å². The minimum Gasteiger partial charge on any atom is -0.389 e. The van der Waals surface area contributed by atoms with Gasteiger partial charge in [0.25, 0.3) is 0 Å². The number of piperazine rings is 1. The molecule has 1 aliphatic heterocycles. The topological polar surface area (TPSA) is 50.5 Å². The fourth-order valence-corrected chi connectivity index (χ4v) is 1.55. The van der Waals surface area contributed by atoms with Gasteiger partial charge < -0.3 is 10.0 Å². The predicted octanol–water partition coefficient (Wildman–Crippen LogP) is -0.144. The lowest BCUT2D eigenvalue weighted by Gasteiger charge is -2.34. The van der Waals surface area contributed by atoms with Gasteiger partial charge in [-0.25, -0.2) is 0 Å². The van der Waals surface area contributed by atoms with Gasteiger partial charge in [0.1, 0.15) is 0 Å². The van der Waals surface area contributed by atoms with Crippen molar-refractivity contribution in [2.45, 2.75) is 19.4 Å². The number of nitrogens with zero attached hydrogens (tertiary/aromatic N) is 3. The predicted molar refractivity (Wildman–Crippen MR) is 49.9 cm³/mol. The van der Waals surface area contributed by atoms with Crippen LogP contribution >= 0.6 is 0 Å². The SMILES string of the molecule is CC(C)(O)CN1CCN(C#N)CC1. The lowest BCUT2D eigenvalue weighted by molar-refractivity contribution is 0.0240. The Balaban J connectivity index is 2.30. The molecule has 0 unspecified atom stereocenters. The molecule has 4 nitrogen and oxygen atoms in total. The summed E-state index contributed by atoms with van der Waals surface area (Å²) in [5.41, 5.74) is -0.630. The van der Waals surface area contributed by atoms with Gasteiger partial charge in [0.15, 0.2) is 6.19 Å². The summed E-state index contributed by atoms with van der Waals surface area (Å²) in [6.07, 6.45) is 2.13. The Kier molecular flexibility index (Phi) is 3.12. The molecule has 0 radical (unpaired) electrons. The smallest absolute Gasteiger partial charge is 0.179 e. The van der Waals surface area contributed by atoms with Crippen molar-refractivity contribution in [3.8, 4) is 6.19 Å². The largest absolute Gasteiger partial charge is 0.389 e. The van der Waals surface area contributed by atoms with Crippen LogP contribution in [0, 0.1) is 11.5 Å². The molecule has 0 amide bonds. The van der Waals surface area contributed by atoms with Crippen LogP contribution < -0.4 is 0 Å². The van der Waals surface area contributed by atoms with Gasteiger partial charge in [0.05, 0.1) is 5.60 Å². The molecule has 0 aliphatic carbocycles. The third-order valence-corrected chi connectivity index (χ3v) is 2.12. The lowest BCUT2D eigenvalue weighted by Crippen LogP contribution is -2.49. The zero-order chi connectivity index (χ0) is 9.90. The van der Waals surface area contributed by atoms with E-state index in [4.69, 9.17) is 5.26 Å². The van der Waals surface area contributed by atoms with Crippen LogP contribution in [0.4, 0.5) is 0 Å². The van der Waals surface area contributed by atoms with E-state index in [9.17, 15) is 5.11 Å². The summed E-state index contributed by atoms with van der Waals surface area (Å²) in [5.74, 6) is 0. The van der Waals surface area contributed by atoms with E-state index in [-0.39, 0.29) is 0 Å².